The number of hydrogen-bond acceptors (Lipinski definition) is 4. The van der Waals surface area contributed by atoms with E-state index in [-0.39, 0.29) is 28.0 Å². The molecule has 1 aliphatic rings. The number of carbonyl (C=O) groups excluding carboxylic acids is 2. The van der Waals surface area contributed by atoms with Gasteiger partial charge in [-0.3, -0.25) is 9.59 Å². The van der Waals surface area contributed by atoms with Gasteiger partial charge in [-0.1, -0.05) is 42.1 Å². The fourth-order valence-electron chi connectivity index (χ4n) is 1.36. The maximum atomic E-state index is 11.3. The van der Waals surface area contributed by atoms with Crippen molar-refractivity contribution in [2.24, 2.45) is 0 Å². The monoisotopic (exact) mass is 220 g/mol. The number of Topliss-reactive ketones (excluding diaryl/α,β-unsaturated/α-hetero) is 1. The molecule has 1 aromatic carbocycles. The number of thioether (sulfide) groups is 1. The van der Waals surface area contributed by atoms with Gasteiger partial charge in [-0.25, -0.2) is 0 Å². The van der Waals surface area contributed by atoms with Crippen LogP contribution in [0.3, 0.4) is 0 Å². The molecule has 1 aromatic rings. The summed E-state index contributed by atoms with van der Waals surface area (Å²) < 4.78 is 0. The van der Waals surface area contributed by atoms with E-state index in [1.165, 1.54) is 0 Å². The Morgan fingerprint density at radius 2 is 1.87 bits per heavy atom. The Hall–Kier alpha value is -1.55. The van der Waals surface area contributed by atoms with Crippen molar-refractivity contribution in [1.29, 1.82) is 0 Å². The Labute approximate surface area is 90.8 Å². The third-order valence-electron chi connectivity index (χ3n) is 2.10. The molecule has 0 radical (unpaired) electrons. The smallest absolute Gasteiger partial charge is 0.227 e. The van der Waals surface area contributed by atoms with Gasteiger partial charge in [0, 0.05) is 5.56 Å². The lowest BCUT2D eigenvalue weighted by Gasteiger charge is -2.01. The second-order valence-electron chi connectivity index (χ2n) is 3.09. The summed E-state index contributed by atoms with van der Waals surface area (Å²) in [5.41, 5.74) is 0.419. The maximum Gasteiger partial charge on any atom is 0.227 e. The molecular weight excluding hydrogens is 212 g/mol. The summed E-state index contributed by atoms with van der Waals surface area (Å²) in [4.78, 5) is 22.7. The fraction of sp³-hybridized carbons (Fsp3) is 0.0909. The standard InChI is InChI=1S/C11H8O3S/c12-8-6-15-11(14)9(8)10(13)7-4-2-1-3-5-7/h1-5,13H,6H2/b10-9+. The Bertz CT molecular complexity index is 430. The van der Waals surface area contributed by atoms with Crippen molar-refractivity contribution in [2.75, 3.05) is 5.75 Å². The van der Waals surface area contributed by atoms with E-state index in [9.17, 15) is 14.7 Å². The van der Waals surface area contributed by atoms with Crippen LogP contribution in [0.2, 0.25) is 0 Å². The number of benzene rings is 1. The lowest BCUT2D eigenvalue weighted by molar-refractivity contribution is -0.115. The zero-order chi connectivity index (χ0) is 10.8. The van der Waals surface area contributed by atoms with Gasteiger partial charge in [-0.05, 0) is 0 Å². The molecule has 1 saturated heterocycles. The molecule has 4 heteroatoms. The average Bonchev–Trinajstić information content (AvgIpc) is 2.59. The fourth-order valence-corrected chi connectivity index (χ4v) is 2.12. The van der Waals surface area contributed by atoms with Gasteiger partial charge in [-0.15, -0.1) is 0 Å². The second-order valence-corrected chi connectivity index (χ2v) is 4.04. The molecule has 2 rings (SSSR count). The van der Waals surface area contributed by atoms with E-state index in [4.69, 9.17) is 0 Å². The molecular formula is C11H8O3S. The Kier molecular flexibility index (Phi) is 2.60. The highest BCUT2D eigenvalue weighted by molar-refractivity contribution is 8.15. The van der Waals surface area contributed by atoms with E-state index in [0.29, 0.717) is 5.56 Å². The summed E-state index contributed by atoms with van der Waals surface area (Å²) in [6.45, 7) is 0. The molecule has 1 heterocycles. The van der Waals surface area contributed by atoms with Crippen LogP contribution in [0.1, 0.15) is 5.56 Å². The highest BCUT2D eigenvalue weighted by atomic mass is 32.2. The predicted octanol–water partition coefficient (Wildman–Crippen LogP) is 1.80. The minimum atomic E-state index is -0.346. The van der Waals surface area contributed by atoms with E-state index in [2.05, 4.69) is 0 Å². The number of aliphatic hydroxyl groups is 1. The molecule has 76 valence electrons. The molecule has 1 aliphatic heterocycles. The van der Waals surface area contributed by atoms with Crippen LogP contribution in [-0.2, 0) is 9.59 Å². The summed E-state index contributed by atoms with van der Waals surface area (Å²) >= 11 is 0.930. The molecule has 0 aliphatic carbocycles. The van der Waals surface area contributed by atoms with Crippen LogP contribution in [0.5, 0.6) is 0 Å². The minimum Gasteiger partial charge on any atom is -0.506 e. The van der Waals surface area contributed by atoms with Crippen molar-refractivity contribution < 1.29 is 14.7 Å². The van der Waals surface area contributed by atoms with Crippen molar-refractivity contribution in [2.45, 2.75) is 0 Å². The summed E-state index contributed by atoms with van der Waals surface area (Å²) in [5.74, 6) is -0.382. The van der Waals surface area contributed by atoms with Gasteiger partial charge in [0.15, 0.2) is 5.78 Å². The van der Waals surface area contributed by atoms with Crippen molar-refractivity contribution >= 4 is 28.4 Å². The number of carbonyl (C=O) groups is 2. The molecule has 0 unspecified atom stereocenters. The van der Waals surface area contributed by atoms with Crippen LogP contribution in [0.15, 0.2) is 35.9 Å². The zero-order valence-corrected chi connectivity index (χ0v) is 8.58. The third kappa shape index (κ3) is 1.80. The van der Waals surface area contributed by atoms with Crippen LogP contribution in [0.25, 0.3) is 5.76 Å². The summed E-state index contributed by atoms with van der Waals surface area (Å²) in [6, 6.07) is 8.60. The van der Waals surface area contributed by atoms with E-state index >= 15 is 0 Å². The van der Waals surface area contributed by atoms with E-state index in [1.807, 2.05) is 0 Å². The molecule has 0 bridgehead atoms. The van der Waals surface area contributed by atoms with Gasteiger partial charge >= 0.3 is 0 Å². The molecule has 0 aromatic heterocycles. The number of ketones is 1. The largest absolute Gasteiger partial charge is 0.506 e. The first-order valence-corrected chi connectivity index (χ1v) is 5.37. The normalized spacial score (nSPS) is 19.5. The van der Waals surface area contributed by atoms with Crippen molar-refractivity contribution in [3.05, 3.63) is 41.5 Å². The van der Waals surface area contributed by atoms with Gasteiger partial charge in [0.2, 0.25) is 5.12 Å². The van der Waals surface area contributed by atoms with Crippen molar-refractivity contribution in [3.8, 4) is 0 Å². The SMILES string of the molecule is O=C1CSC(=O)/C1=C(/O)c1ccccc1. The molecule has 1 N–H and O–H groups in total. The van der Waals surface area contributed by atoms with Crippen LogP contribution < -0.4 is 0 Å². The van der Waals surface area contributed by atoms with Gasteiger partial charge < -0.3 is 5.11 Å². The minimum absolute atomic E-state index is 0.0776. The number of hydrogen-bond donors (Lipinski definition) is 1. The molecule has 1 fully saturated rings. The highest BCUT2D eigenvalue weighted by Gasteiger charge is 2.31. The topological polar surface area (TPSA) is 54.4 Å². The second kappa shape index (κ2) is 3.90. The van der Waals surface area contributed by atoms with Crippen LogP contribution in [-0.4, -0.2) is 21.8 Å². The van der Waals surface area contributed by atoms with Crippen LogP contribution in [0, 0.1) is 0 Å². The third-order valence-corrected chi connectivity index (χ3v) is 2.97. The number of aliphatic hydroxyl groups excluding tert-OH is 1. The number of rotatable bonds is 1. The molecule has 3 nitrogen and oxygen atoms in total. The van der Waals surface area contributed by atoms with Gasteiger partial charge in [0.25, 0.3) is 0 Å². The molecule has 0 atom stereocenters. The van der Waals surface area contributed by atoms with Crippen molar-refractivity contribution in [1.82, 2.24) is 0 Å². The predicted molar refractivity (Wildman–Crippen MR) is 58.5 cm³/mol. The lowest BCUT2D eigenvalue weighted by Crippen LogP contribution is -2.04. The maximum absolute atomic E-state index is 11.3. The van der Waals surface area contributed by atoms with E-state index in [1.54, 1.807) is 30.3 Å². The van der Waals surface area contributed by atoms with Gasteiger partial charge in [0.05, 0.1) is 5.75 Å². The Morgan fingerprint density at radius 1 is 1.20 bits per heavy atom. The lowest BCUT2D eigenvalue weighted by atomic mass is 10.1. The van der Waals surface area contributed by atoms with Crippen LogP contribution in [0.4, 0.5) is 0 Å². The molecule has 15 heavy (non-hydrogen) atoms. The first-order valence-electron chi connectivity index (χ1n) is 4.39. The van der Waals surface area contributed by atoms with Crippen molar-refractivity contribution in [3.63, 3.8) is 0 Å². The Balaban J connectivity index is 2.50. The highest BCUT2D eigenvalue weighted by Crippen LogP contribution is 2.27. The quantitative estimate of drug-likeness (QED) is 0.445. The molecule has 0 amide bonds. The summed E-state index contributed by atoms with van der Waals surface area (Å²) in [5, 5.41) is 9.44. The molecule has 0 saturated carbocycles. The molecule has 0 spiro atoms. The average molecular weight is 220 g/mol. The van der Waals surface area contributed by atoms with Gasteiger partial charge in [0.1, 0.15) is 11.3 Å². The first kappa shape index (κ1) is 9.98. The van der Waals surface area contributed by atoms with E-state index in [0.717, 1.165) is 11.8 Å². The van der Waals surface area contributed by atoms with Gasteiger partial charge in [-0.2, -0.15) is 0 Å². The van der Waals surface area contributed by atoms with E-state index < -0.39 is 0 Å². The summed E-state index contributed by atoms with van der Waals surface area (Å²) in [6.07, 6.45) is 0. The Morgan fingerprint density at radius 3 is 2.40 bits per heavy atom. The summed E-state index contributed by atoms with van der Waals surface area (Å²) in [7, 11) is 0. The first-order chi connectivity index (χ1) is 7.20. The van der Waals surface area contributed by atoms with Crippen LogP contribution >= 0.6 is 11.8 Å². The zero-order valence-electron chi connectivity index (χ0n) is 7.77.